The maximum Gasteiger partial charge on any atom is 0.710 e. The molecular weight excluding hydrogens is 642 g/mol. The fourth-order valence-electron chi connectivity index (χ4n) is 3.39. The molecule has 7 nitrogen and oxygen atoms in total. The average Bonchev–Trinajstić information content (AvgIpc) is 2.83. The summed E-state index contributed by atoms with van der Waals surface area (Å²) in [5.74, 6) is 0. The van der Waals surface area contributed by atoms with Gasteiger partial charge in [0.25, 0.3) is 0 Å². The Morgan fingerprint density at radius 3 is 1.20 bits per heavy atom. The first-order chi connectivity index (χ1) is 18.3. The van der Waals surface area contributed by atoms with E-state index in [1.54, 1.807) is 0 Å². The Morgan fingerprint density at radius 2 is 0.950 bits per heavy atom. The Labute approximate surface area is 240 Å². The van der Waals surface area contributed by atoms with Gasteiger partial charge in [-0.15, -0.1) is 23.2 Å². The van der Waals surface area contributed by atoms with E-state index in [9.17, 15) is 39.0 Å². The molecule has 0 aliphatic carbocycles. The third kappa shape index (κ3) is 7.70. The highest BCUT2D eigenvalue weighted by atomic mass is 35.5. The van der Waals surface area contributed by atoms with Crippen LogP contribution in [0.2, 0.25) is 0 Å². The molecule has 0 N–H and O–H groups in total. The standard InChI is InChI=1S/C24H24Cl2F4O7PS2/c1-15(2)19(39(32,33)17-11-7-5-8-12-17)21(25)23(27,28)36-38(31)37-24(29,30)22(26)20(16(3)4)40(34,35)18-13-9-6-10-14-18/h5-14,21-22H,1-4H3/q+1. The van der Waals surface area contributed by atoms with E-state index in [4.69, 9.17) is 23.2 Å². The summed E-state index contributed by atoms with van der Waals surface area (Å²) in [6.07, 6.45) is -9.65. The topological polar surface area (TPSA) is 104 Å². The number of allylic oxidation sites excluding steroid dienone is 2. The molecule has 220 valence electrons. The van der Waals surface area contributed by atoms with Gasteiger partial charge in [0.05, 0.1) is 19.6 Å². The Balaban J connectivity index is 2.34. The highest BCUT2D eigenvalue weighted by Crippen LogP contribution is 2.48. The molecule has 0 aliphatic heterocycles. The molecule has 0 saturated carbocycles. The first-order valence-corrected chi connectivity index (χ1v) is 16.0. The van der Waals surface area contributed by atoms with Crippen LogP contribution in [0.4, 0.5) is 17.6 Å². The van der Waals surface area contributed by atoms with Crippen LogP contribution in [0.1, 0.15) is 27.7 Å². The number of benzene rings is 2. The number of alkyl halides is 6. The zero-order valence-electron chi connectivity index (χ0n) is 21.3. The van der Waals surface area contributed by atoms with Crippen LogP contribution in [0.25, 0.3) is 0 Å². The third-order valence-electron chi connectivity index (χ3n) is 5.11. The fourth-order valence-corrected chi connectivity index (χ4v) is 8.82. The van der Waals surface area contributed by atoms with Gasteiger partial charge in [0.15, 0.2) is 10.8 Å². The largest absolute Gasteiger partial charge is 0.710 e. The molecule has 2 atom stereocenters. The van der Waals surface area contributed by atoms with Gasteiger partial charge in [0.2, 0.25) is 19.7 Å². The molecule has 2 rings (SSSR count). The summed E-state index contributed by atoms with van der Waals surface area (Å²) in [4.78, 5) is -2.81. The van der Waals surface area contributed by atoms with E-state index < -0.39 is 70.5 Å². The molecule has 0 fully saturated rings. The van der Waals surface area contributed by atoms with Crippen molar-refractivity contribution in [1.29, 1.82) is 0 Å². The number of rotatable bonds is 12. The van der Waals surface area contributed by atoms with Crippen molar-refractivity contribution in [3.05, 3.63) is 81.6 Å². The normalized spacial score (nSPS) is 14.7. The molecule has 0 aromatic heterocycles. The van der Waals surface area contributed by atoms with E-state index in [0.29, 0.717) is 0 Å². The molecule has 0 spiro atoms. The average molecular weight is 666 g/mol. The Hall–Kier alpha value is -1.86. The summed E-state index contributed by atoms with van der Waals surface area (Å²) in [5.41, 5.74) is -0.373. The molecule has 2 aromatic carbocycles. The van der Waals surface area contributed by atoms with Crippen LogP contribution in [0, 0.1) is 0 Å². The van der Waals surface area contributed by atoms with Crippen molar-refractivity contribution in [1.82, 2.24) is 0 Å². The Morgan fingerprint density at radius 1 is 0.675 bits per heavy atom. The quantitative estimate of drug-likeness (QED) is 0.131. The monoisotopic (exact) mass is 665 g/mol. The van der Waals surface area contributed by atoms with E-state index in [-0.39, 0.29) is 11.1 Å². The van der Waals surface area contributed by atoms with Gasteiger partial charge in [0, 0.05) is 4.57 Å². The van der Waals surface area contributed by atoms with Crippen LogP contribution >= 0.6 is 31.5 Å². The van der Waals surface area contributed by atoms with E-state index >= 15 is 0 Å². The molecule has 16 heteroatoms. The predicted octanol–water partition coefficient (Wildman–Crippen LogP) is 7.61. The molecule has 2 aromatic rings. The summed E-state index contributed by atoms with van der Waals surface area (Å²) in [6.45, 7) is 4.66. The molecule has 0 amide bonds. The lowest BCUT2D eigenvalue weighted by atomic mass is 10.2. The van der Waals surface area contributed by atoms with Crippen molar-refractivity contribution >= 4 is 51.1 Å². The maximum absolute atomic E-state index is 14.9. The van der Waals surface area contributed by atoms with Gasteiger partial charge >= 0.3 is 20.5 Å². The smallest absolute Gasteiger partial charge is 0.219 e. The SMILES string of the molecule is CC(C)=C(C(Cl)C(F)(F)O[P+](=O)OC(F)(F)C(Cl)C(=C(C)C)S(=O)(=O)c1ccccc1)S(=O)(=O)c1ccccc1. The van der Waals surface area contributed by atoms with E-state index in [1.807, 2.05) is 0 Å². The third-order valence-corrected chi connectivity index (χ3v) is 11.3. The van der Waals surface area contributed by atoms with Crippen molar-refractivity contribution in [3.63, 3.8) is 0 Å². The first kappa shape index (κ1) is 34.3. The van der Waals surface area contributed by atoms with Gasteiger partial charge < -0.3 is 0 Å². The summed E-state index contributed by atoms with van der Waals surface area (Å²) in [6, 6.07) is 12.8. The maximum atomic E-state index is 14.9. The van der Waals surface area contributed by atoms with Crippen LogP contribution in [0.3, 0.4) is 0 Å². The highest BCUT2D eigenvalue weighted by molar-refractivity contribution is 7.95. The van der Waals surface area contributed by atoms with Crippen LogP contribution in [-0.4, -0.2) is 39.8 Å². The summed E-state index contributed by atoms with van der Waals surface area (Å²) < 4.78 is 131. The molecule has 0 radical (unpaired) electrons. The van der Waals surface area contributed by atoms with Crippen molar-refractivity contribution < 1.29 is 48.0 Å². The minimum absolute atomic E-state index is 0.186. The van der Waals surface area contributed by atoms with Gasteiger partial charge in [0.1, 0.15) is 0 Å². The lowest BCUT2D eigenvalue weighted by molar-refractivity contribution is -0.204. The fraction of sp³-hybridized carbons (Fsp3) is 0.333. The number of hydrogen-bond acceptors (Lipinski definition) is 7. The van der Waals surface area contributed by atoms with Gasteiger partial charge in [-0.2, -0.15) is 17.6 Å². The van der Waals surface area contributed by atoms with E-state index in [1.165, 1.54) is 36.4 Å². The van der Waals surface area contributed by atoms with Crippen LogP contribution in [0.5, 0.6) is 0 Å². The molecule has 0 bridgehead atoms. The molecular formula is C24H24Cl2F4O7PS2+. The molecule has 2 unspecified atom stereocenters. The molecule has 0 saturated heterocycles. The van der Waals surface area contributed by atoms with Crippen molar-refractivity contribution in [2.45, 2.75) is 60.5 Å². The van der Waals surface area contributed by atoms with Crippen LogP contribution < -0.4 is 0 Å². The first-order valence-electron chi connectivity index (χ1n) is 11.1. The van der Waals surface area contributed by atoms with Crippen molar-refractivity contribution in [3.8, 4) is 0 Å². The zero-order chi connectivity index (χ0) is 30.7. The lowest BCUT2D eigenvalue weighted by Gasteiger charge is -2.22. The minimum atomic E-state index is -4.82. The van der Waals surface area contributed by atoms with Gasteiger partial charge in [-0.3, -0.25) is 0 Å². The van der Waals surface area contributed by atoms with E-state index in [2.05, 4.69) is 9.05 Å². The summed E-state index contributed by atoms with van der Waals surface area (Å²) in [5, 5.41) is -5.64. The second kappa shape index (κ2) is 13.0. The Kier molecular flexibility index (Phi) is 11.1. The Bertz CT molecular complexity index is 1400. The molecule has 0 heterocycles. The van der Waals surface area contributed by atoms with Crippen molar-refractivity contribution in [2.75, 3.05) is 0 Å². The lowest BCUT2D eigenvalue weighted by Crippen LogP contribution is -2.37. The minimum Gasteiger partial charge on any atom is -0.219 e. The van der Waals surface area contributed by atoms with Gasteiger partial charge in [-0.05, 0) is 61.0 Å². The summed E-state index contributed by atoms with van der Waals surface area (Å²) >= 11 is 11.5. The number of sulfone groups is 2. The van der Waals surface area contributed by atoms with Crippen LogP contribution in [0.15, 0.2) is 91.4 Å². The molecule has 40 heavy (non-hydrogen) atoms. The second-order valence-electron chi connectivity index (χ2n) is 8.62. The summed E-state index contributed by atoms with van der Waals surface area (Å²) in [7, 11) is -13.7. The zero-order valence-corrected chi connectivity index (χ0v) is 25.4. The molecule has 0 aliphatic rings. The van der Waals surface area contributed by atoms with Crippen molar-refractivity contribution in [2.24, 2.45) is 0 Å². The van der Waals surface area contributed by atoms with Crippen LogP contribution in [-0.2, 0) is 33.3 Å². The second-order valence-corrected chi connectivity index (χ2v) is 14.1. The number of halogens is 6. The highest BCUT2D eigenvalue weighted by Gasteiger charge is 2.59. The van der Waals surface area contributed by atoms with Gasteiger partial charge in [-0.25, -0.2) is 16.8 Å². The predicted molar refractivity (Wildman–Crippen MR) is 143 cm³/mol. The van der Waals surface area contributed by atoms with Gasteiger partial charge in [-0.1, -0.05) is 47.5 Å². The number of hydrogen-bond donors (Lipinski definition) is 0. The van der Waals surface area contributed by atoms with E-state index in [0.717, 1.165) is 52.0 Å².